The van der Waals surface area contributed by atoms with Crippen molar-refractivity contribution in [3.8, 4) is 0 Å². The van der Waals surface area contributed by atoms with Crippen molar-refractivity contribution < 1.29 is 4.79 Å². The number of aromatic nitrogens is 5. The Morgan fingerprint density at radius 2 is 2.00 bits per heavy atom. The minimum atomic E-state index is -0.452. The Morgan fingerprint density at radius 3 is 2.67 bits per heavy atom. The minimum Gasteiger partial charge on any atom is -0.361 e. The number of aromatic amines is 1. The molecule has 0 aromatic carbocycles. The zero-order valence-corrected chi connectivity index (χ0v) is 20.0. The van der Waals surface area contributed by atoms with Gasteiger partial charge in [0.25, 0.3) is 5.56 Å². The Labute approximate surface area is 192 Å². The third-order valence-electron chi connectivity index (χ3n) is 5.31. The average molecular weight is 456 g/mol. The van der Waals surface area contributed by atoms with E-state index in [0.29, 0.717) is 48.0 Å². The van der Waals surface area contributed by atoms with Gasteiger partial charge < -0.3 is 14.8 Å². The summed E-state index contributed by atoms with van der Waals surface area (Å²) in [4.78, 5) is 51.1. The fourth-order valence-corrected chi connectivity index (χ4v) is 3.78. The van der Waals surface area contributed by atoms with Crippen molar-refractivity contribution in [1.82, 2.24) is 24.1 Å². The smallest absolute Gasteiger partial charge is 0.330 e. The van der Waals surface area contributed by atoms with Crippen LogP contribution in [0.1, 0.15) is 45.9 Å². The molecule has 3 heterocycles. The summed E-state index contributed by atoms with van der Waals surface area (Å²) in [6.07, 6.45) is 3.91. The minimum absolute atomic E-state index is 0.175. The van der Waals surface area contributed by atoms with E-state index in [1.807, 2.05) is 30.5 Å². The van der Waals surface area contributed by atoms with Gasteiger partial charge in [0.15, 0.2) is 17.0 Å². The van der Waals surface area contributed by atoms with E-state index in [4.69, 9.17) is 0 Å². The molecule has 0 aliphatic rings. The second-order valence-electron chi connectivity index (χ2n) is 8.79. The van der Waals surface area contributed by atoms with Gasteiger partial charge in [-0.05, 0) is 24.5 Å². The molecule has 10 nitrogen and oxygen atoms in total. The zero-order chi connectivity index (χ0) is 24.1. The lowest BCUT2D eigenvalue weighted by Gasteiger charge is -2.16. The molecule has 0 saturated carbocycles. The number of nitrogens with zero attached hydrogens (tertiary/aromatic N) is 5. The maximum Gasteiger partial charge on any atom is 0.330 e. The first-order chi connectivity index (χ1) is 15.7. The molecular formula is C23H33N7O3. The van der Waals surface area contributed by atoms with Crippen molar-refractivity contribution in [2.75, 3.05) is 24.3 Å². The van der Waals surface area contributed by atoms with Crippen LogP contribution in [0.25, 0.3) is 11.2 Å². The van der Waals surface area contributed by atoms with Gasteiger partial charge >= 0.3 is 5.69 Å². The van der Waals surface area contributed by atoms with Crippen molar-refractivity contribution in [3.05, 3.63) is 45.0 Å². The summed E-state index contributed by atoms with van der Waals surface area (Å²) in [5.74, 6) is 1.37. The van der Waals surface area contributed by atoms with Crippen LogP contribution < -0.4 is 21.5 Å². The lowest BCUT2D eigenvalue weighted by Crippen LogP contribution is -2.31. The predicted molar refractivity (Wildman–Crippen MR) is 130 cm³/mol. The van der Waals surface area contributed by atoms with Crippen LogP contribution in [0.2, 0.25) is 0 Å². The van der Waals surface area contributed by atoms with Crippen molar-refractivity contribution in [1.29, 1.82) is 0 Å². The number of H-pyrrole nitrogens is 1. The summed E-state index contributed by atoms with van der Waals surface area (Å²) in [7, 11) is 3.73. The number of hydrogen-bond acceptors (Lipinski definition) is 6. The number of rotatable bonds is 10. The molecule has 178 valence electrons. The highest BCUT2D eigenvalue weighted by Gasteiger charge is 2.20. The molecule has 3 aromatic heterocycles. The lowest BCUT2D eigenvalue weighted by atomic mass is 10.2. The van der Waals surface area contributed by atoms with Gasteiger partial charge in [0.05, 0.1) is 5.69 Å². The first kappa shape index (κ1) is 24.2. The number of aryl methyl sites for hydroxylation is 2. The number of unbranched alkanes of at least 4 members (excludes halogenated alkanes) is 1. The fourth-order valence-electron chi connectivity index (χ4n) is 3.78. The lowest BCUT2D eigenvalue weighted by molar-refractivity contribution is -0.116. The molecular weight excluding hydrogens is 422 g/mol. The molecule has 0 spiro atoms. The number of nitrogens with one attached hydrogen (secondary N) is 2. The molecule has 1 amide bonds. The summed E-state index contributed by atoms with van der Waals surface area (Å²) >= 11 is 0. The van der Waals surface area contributed by atoms with Crippen LogP contribution in [0.15, 0.2) is 27.9 Å². The Bertz CT molecular complexity index is 1240. The largest absolute Gasteiger partial charge is 0.361 e. The second kappa shape index (κ2) is 10.5. The number of pyridine rings is 1. The van der Waals surface area contributed by atoms with Crippen LogP contribution in [0, 0.1) is 5.92 Å². The van der Waals surface area contributed by atoms with E-state index in [0.717, 1.165) is 12.8 Å². The van der Waals surface area contributed by atoms with Crippen LogP contribution in [0.4, 0.5) is 11.5 Å². The standard InChI is InChI=1S/C23H33N7O3/c1-6-7-13-29-21-19(22(32)27-23(29)33)30(14-15(2)3)17(26-21)10-11-18(31)25-16-9-8-12-24-20(16)28(4)5/h8-9,12,15H,6-7,10-11,13-14H2,1-5H3,(H,25,31)(H,27,32,33). The first-order valence-corrected chi connectivity index (χ1v) is 11.4. The normalized spacial score (nSPS) is 11.3. The monoisotopic (exact) mass is 455 g/mol. The second-order valence-corrected chi connectivity index (χ2v) is 8.79. The summed E-state index contributed by atoms with van der Waals surface area (Å²) < 4.78 is 3.38. The van der Waals surface area contributed by atoms with E-state index in [2.05, 4.69) is 34.1 Å². The van der Waals surface area contributed by atoms with Crippen LogP contribution >= 0.6 is 0 Å². The van der Waals surface area contributed by atoms with Gasteiger partial charge in [-0.1, -0.05) is 27.2 Å². The molecule has 0 radical (unpaired) electrons. The van der Waals surface area contributed by atoms with Gasteiger partial charge in [-0.3, -0.25) is 19.1 Å². The molecule has 0 fully saturated rings. The molecule has 3 rings (SSSR count). The number of hydrogen-bond donors (Lipinski definition) is 2. The van der Waals surface area contributed by atoms with Crippen LogP contribution in [-0.2, 0) is 24.3 Å². The molecule has 2 N–H and O–H groups in total. The van der Waals surface area contributed by atoms with Gasteiger partial charge in [-0.15, -0.1) is 0 Å². The molecule has 0 aliphatic heterocycles. The van der Waals surface area contributed by atoms with Crippen LogP contribution in [-0.4, -0.2) is 44.1 Å². The summed E-state index contributed by atoms with van der Waals surface area (Å²) in [6, 6.07) is 3.58. The third-order valence-corrected chi connectivity index (χ3v) is 5.31. The molecule has 10 heteroatoms. The number of amides is 1. The molecule has 0 bridgehead atoms. The maximum atomic E-state index is 12.7. The Kier molecular flexibility index (Phi) is 7.67. The highest BCUT2D eigenvalue weighted by atomic mass is 16.2. The van der Waals surface area contributed by atoms with E-state index < -0.39 is 11.2 Å². The van der Waals surface area contributed by atoms with E-state index in [1.165, 1.54) is 4.57 Å². The van der Waals surface area contributed by atoms with Gasteiger partial charge in [0, 0.05) is 46.2 Å². The Morgan fingerprint density at radius 1 is 1.24 bits per heavy atom. The number of carbonyl (C=O) groups excluding carboxylic acids is 1. The topological polar surface area (TPSA) is 118 Å². The number of imidazole rings is 1. The van der Waals surface area contributed by atoms with Crippen molar-refractivity contribution in [3.63, 3.8) is 0 Å². The quantitative estimate of drug-likeness (QED) is 0.485. The van der Waals surface area contributed by atoms with E-state index in [9.17, 15) is 14.4 Å². The van der Waals surface area contributed by atoms with Crippen molar-refractivity contribution >= 4 is 28.6 Å². The van der Waals surface area contributed by atoms with Crippen molar-refractivity contribution in [2.45, 2.75) is 59.5 Å². The van der Waals surface area contributed by atoms with E-state index >= 15 is 0 Å². The predicted octanol–water partition coefficient (Wildman–Crippen LogP) is 2.37. The SMILES string of the molecule is CCCCn1c(=O)[nH]c(=O)c2c1nc(CCC(=O)Nc1cccnc1N(C)C)n2CC(C)C. The molecule has 0 aliphatic carbocycles. The van der Waals surface area contributed by atoms with Gasteiger partial charge in [0.1, 0.15) is 5.82 Å². The first-order valence-electron chi connectivity index (χ1n) is 11.4. The summed E-state index contributed by atoms with van der Waals surface area (Å²) in [6.45, 7) is 7.19. The number of fused-ring (bicyclic) bond motifs is 1. The number of carbonyl (C=O) groups is 1. The maximum absolute atomic E-state index is 12.7. The van der Waals surface area contributed by atoms with Gasteiger partial charge in [-0.25, -0.2) is 14.8 Å². The molecule has 3 aromatic rings. The van der Waals surface area contributed by atoms with E-state index in [1.54, 1.807) is 18.3 Å². The average Bonchev–Trinajstić information content (AvgIpc) is 3.10. The van der Waals surface area contributed by atoms with Gasteiger partial charge in [0.2, 0.25) is 5.91 Å². The zero-order valence-electron chi connectivity index (χ0n) is 20.0. The Hall–Kier alpha value is -3.43. The Balaban J connectivity index is 1.92. The molecule has 0 unspecified atom stereocenters. The highest BCUT2D eigenvalue weighted by Crippen LogP contribution is 2.21. The fraction of sp³-hybridized carbons (Fsp3) is 0.522. The molecule has 0 atom stereocenters. The highest BCUT2D eigenvalue weighted by molar-refractivity contribution is 5.93. The molecule has 33 heavy (non-hydrogen) atoms. The third kappa shape index (κ3) is 5.50. The van der Waals surface area contributed by atoms with Crippen LogP contribution in [0.3, 0.4) is 0 Å². The van der Waals surface area contributed by atoms with E-state index in [-0.39, 0.29) is 18.2 Å². The van der Waals surface area contributed by atoms with Crippen molar-refractivity contribution in [2.24, 2.45) is 5.92 Å². The molecule has 0 saturated heterocycles. The van der Waals surface area contributed by atoms with Crippen LogP contribution in [0.5, 0.6) is 0 Å². The number of anilines is 2. The van der Waals surface area contributed by atoms with Gasteiger partial charge in [-0.2, -0.15) is 0 Å². The summed E-state index contributed by atoms with van der Waals surface area (Å²) in [5.41, 5.74) is 0.505. The summed E-state index contributed by atoms with van der Waals surface area (Å²) in [5, 5.41) is 2.91.